The standard InChI is InChI=1S/C8H13NS3/c1-8(2,3)9-6(11-4)5-12-7(9)10/h5H,1-4H3. The molecule has 4 heteroatoms. The molecule has 0 aliphatic rings. The van der Waals surface area contributed by atoms with E-state index in [1.54, 1.807) is 23.1 Å². The third-order valence-corrected chi connectivity index (χ3v) is 3.61. The van der Waals surface area contributed by atoms with E-state index in [9.17, 15) is 0 Å². The van der Waals surface area contributed by atoms with Gasteiger partial charge in [0.15, 0.2) is 3.95 Å². The van der Waals surface area contributed by atoms with Gasteiger partial charge in [0, 0.05) is 10.9 Å². The molecule has 0 saturated carbocycles. The molecule has 0 radical (unpaired) electrons. The fraction of sp³-hybridized carbons (Fsp3) is 0.625. The zero-order valence-corrected chi connectivity index (χ0v) is 10.2. The summed E-state index contributed by atoms with van der Waals surface area (Å²) in [4.78, 5) is 0. The maximum absolute atomic E-state index is 5.26. The molecule has 12 heavy (non-hydrogen) atoms. The van der Waals surface area contributed by atoms with Crippen molar-refractivity contribution in [3.05, 3.63) is 9.33 Å². The third-order valence-electron chi connectivity index (χ3n) is 1.54. The highest BCUT2D eigenvalue weighted by Gasteiger charge is 2.17. The summed E-state index contributed by atoms with van der Waals surface area (Å²) in [5.41, 5.74) is 0.107. The summed E-state index contributed by atoms with van der Waals surface area (Å²) in [5.74, 6) is 0. The van der Waals surface area contributed by atoms with Crippen LogP contribution >= 0.6 is 35.3 Å². The Kier molecular flexibility index (Phi) is 3.01. The van der Waals surface area contributed by atoms with Crippen LogP contribution in [-0.2, 0) is 5.54 Å². The van der Waals surface area contributed by atoms with Gasteiger partial charge in [-0.25, -0.2) is 0 Å². The van der Waals surface area contributed by atoms with Crippen molar-refractivity contribution in [1.82, 2.24) is 4.57 Å². The lowest BCUT2D eigenvalue weighted by Gasteiger charge is -2.22. The van der Waals surface area contributed by atoms with Crippen LogP contribution in [0.15, 0.2) is 10.4 Å². The van der Waals surface area contributed by atoms with Gasteiger partial charge in [-0.15, -0.1) is 23.1 Å². The molecule has 68 valence electrons. The Morgan fingerprint density at radius 2 is 2.08 bits per heavy atom. The van der Waals surface area contributed by atoms with E-state index in [2.05, 4.69) is 37.0 Å². The Balaban J connectivity index is 3.29. The summed E-state index contributed by atoms with van der Waals surface area (Å²) >= 11 is 8.64. The average Bonchev–Trinajstić information content (AvgIpc) is 2.29. The Labute approximate surface area is 86.8 Å². The van der Waals surface area contributed by atoms with Crippen molar-refractivity contribution in [2.75, 3.05) is 6.26 Å². The maximum Gasteiger partial charge on any atom is 0.162 e. The third kappa shape index (κ3) is 1.92. The summed E-state index contributed by atoms with van der Waals surface area (Å²) in [6.45, 7) is 6.53. The minimum Gasteiger partial charge on any atom is -0.313 e. The number of aromatic nitrogens is 1. The number of hydrogen-bond acceptors (Lipinski definition) is 3. The van der Waals surface area contributed by atoms with E-state index >= 15 is 0 Å². The molecule has 1 rings (SSSR count). The van der Waals surface area contributed by atoms with Gasteiger partial charge in [0.05, 0.1) is 5.03 Å². The molecule has 0 unspecified atom stereocenters. The smallest absolute Gasteiger partial charge is 0.162 e. The van der Waals surface area contributed by atoms with Crippen molar-refractivity contribution in [1.29, 1.82) is 0 Å². The number of nitrogens with zero attached hydrogens (tertiary/aromatic N) is 1. The van der Waals surface area contributed by atoms with Crippen molar-refractivity contribution in [3.63, 3.8) is 0 Å². The molecule has 0 spiro atoms. The number of thiazole rings is 1. The van der Waals surface area contributed by atoms with E-state index in [0.29, 0.717) is 0 Å². The van der Waals surface area contributed by atoms with E-state index in [1.165, 1.54) is 5.03 Å². The second-order valence-corrected chi connectivity index (χ2v) is 5.88. The molecule has 0 aliphatic carbocycles. The van der Waals surface area contributed by atoms with Crippen LogP contribution in [0.5, 0.6) is 0 Å². The lowest BCUT2D eigenvalue weighted by atomic mass is 10.1. The molecule has 0 N–H and O–H groups in total. The first-order valence-corrected chi connectivity index (χ1v) is 6.23. The van der Waals surface area contributed by atoms with Gasteiger partial charge in [0.1, 0.15) is 0 Å². The molecule has 0 amide bonds. The summed E-state index contributed by atoms with van der Waals surface area (Å²) < 4.78 is 3.17. The highest BCUT2D eigenvalue weighted by atomic mass is 32.2. The maximum atomic E-state index is 5.26. The van der Waals surface area contributed by atoms with Crippen LogP contribution in [0, 0.1) is 3.95 Å². The Bertz CT molecular complexity index is 316. The van der Waals surface area contributed by atoms with Gasteiger partial charge in [-0.05, 0) is 39.2 Å². The molecule has 0 saturated heterocycles. The van der Waals surface area contributed by atoms with Crippen LogP contribution in [-0.4, -0.2) is 10.8 Å². The average molecular weight is 219 g/mol. The van der Waals surface area contributed by atoms with Crippen LogP contribution in [0.3, 0.4) is 0 Å². The van der Waals surface area contributed by atoms with E-state index in [1.807, 2.05) is 0 Å². The molecule has 0 aromatic carbocycles. The van der Waals surface area contributed by atoms with Gasteiger partial charge in [-0.2, -0.15) is 0 Å². The molecule has 0 fully saturated rings. The second kappa shape index (κ2) is 3.52. The van der Waals surface area contributed by atoms with E-state index in [-0.39, 0.29) is 5.54 Å². The van der Waals surface area contributed by atoms with Crippen LogP contribution in [0.25, 0.3) is 0 Å². The van der Waals surface area contributed by atoms with E-state index < -0.39 is 0 Å². The predicted octanol–water partition coefficient (Wildman–Crippen LogP) is 3.76. The first-order chi connectivity index (χ1) is 5.46. The second-order valence-electron chi connectivity index (χ2n) is 3.55. The Hall–Kier alpha value is 0.200. The number of hydrogen-bond donors (Lipinski definition) is 0. The van der Waals surface area contributed by atoms with Crippen molar-refractivity contribution in [2.45, 2.75) is 31.3 Å². The van der Waals surface area contributed by atoms with E-state index in [0.717, 1.165) is 3.95 Å². The highest BCUT2D eigenvalue weighted by Crippen LogP contribution is 2.27. The molecule has 0 aliphatic heterocycles. The summed E-state index contributed by atoms with van der Waals surface area (Å²) in [6, 6.07) is 0. The van der Waals surface area contributed by atoms with Gasteiger partial charge >= 0.3 is 0 Å². The molecule has 0 atom stereocenters. The summed E-state index contributed by atoms with van der Waals surface area (Å²) in [7, 11) is 0. The quantitative estimate of drug-likeness (QED) is 0.523. The van der Waals surface area contributed by atoms with Crippen LogP contribution in [0.1, 0.15) is 20.8 Å². The van der Waals surface area contributed by atoms with Gasteiger partial charge < -0.3 is 4.57 Å². The zero-order chi connectivity index (χ0) is 9.35. The highest BCUT2D eigenvalue weighted by molar-refractivity contribution is 7.98. The van der Waals surface area contributed by atoms with Crippen LogP contribution < -0.4 is 0 Å². The molecule has 1 aromatic rings. The fourth-order valence-corrected chi connectivity index (χ4v) is 3.53. The molecule has 1 nitrogen and oxygen atoms in total. The largest absolute Gasteiger partial charge is 0.313 e. The normalized spacial score (nSPS) is 12.0. The zero-order valence-electron chi connectivity index (χ0n) is 7.75. The minimum atomic E-state index is 0.107. The van der Waals surface area contributed by atoms with Crippen molar-refractivity contribution in [2.24, 2.45) is 0 Å². The molecule has 0 bridgehead atoms. The van der Waals surface area contributed by atoms with Gasteiger partial charge in [0.25, 0.3) is 0 Å². The van der Waals surface area contributed by atoms with Crippen molar-refractivity contribution >= 4 is 35.3 Å². The Morgan fingerprint density at radius 1 is 1.50 bits per heavy atom. The predicted molar refractivity (Wildman–Crippen MR) is 59.9 cm³/mol. The molecular formula is C8H13NS3. The van der Waals surface area contributed by atoms with Crippen molar-refractivity contribution in [3.8, 4) is 0 Å². The SMILES string of the molecule is CSc1csc(=S)n1C(C)(C)C. The number of rotatable bonds is 1. The van der Waals surface area contributed by atoms with Gasteiger partial charge in [0.2, 0.25) is 0 Å². The lowest BCUT2D eigenvalue weighted by Crippen LogP contribution is -2.22. The van der Waals surface area contributed by atoms with E-state index in [4.69, 9.17) is 12.2 Å². The monoisotopic (exact) mass is 219 g/mol. The summed E-state index contributed by atoms with van der Waals surface area (Å²) in [6.07, 6.45) is 2.08. The molecule has 1 aromatic heterocycles. The Morgan fingerprint density at radius 3 is 2.42 bits per heavy atom. The molecule has 1 heterocycles. The van der Waals surface area contributed by atoms with Crippen LogP contribution in [0.2, 0.25) is 0 Å². The first kappa shape index (κ1) is 10.3. The lowest BCUT2D eigenvalue weighted by molar-refractivity contribution is 0.370. The van der Waals surface area contributed by atoms with Crippen molar-refractivity contribution < 1.29 is 0 Å². The molecular weight excluding hydrogens is 206 g/mol. The van der Waals surface area contributed by atoms with Gasteiger partial charge in [-0.1, -0.05) is 0 Å². The summed E-state index contributed by atoms with van der Waals surface area (Å²) in [5, 5.41) is 3.38. The minimum absolute atomic E-state index is 0.107. The van der Waals surface area contributed by atoms with Gasteiger partial charge in [-0.3, -0.25) is 0 Å². The first-order valence-electron chi connectivity index (χ1n) is 3.72. The van der Waals surface area contributed by atoms with Crippen LogP contribution in [0.4, 0.5) is 0 Å². The number of thioether (sulfide) groups is 1. The fourth-order valence-electron chi connectivity index (χ4n) is 1.04. The topological polar surface area (TPSA) is 4.93 Å².